The molecular formula is C8H15NOS3. The van der Waals surface area contributed by atoms with Crippen LogP contribution in [0.2, 0.25) is 0 Å². The Bertz CT molecular complexity index is 198. The Morgan fingerprint density at radius 2 is 2.38 bits per heavy atom. The van der Waals surface area contributed by atoms with Gasteiger partial charge in [-0.15, -0.1) is 12.6 Å². The summed E-state index contributed by atoms with van der Waals surface area (Å²) in [6.45, 7) is 3.94. The molecule has 2 unspecified atom stereocenters. The summed E-state index contributed by atoms with van der Waals surface area (Å²) in [7, 11) is 0. The molecule has 0 saturated heterocycles. The van der Waals surface area contributed by atoms with Gasteiger partial charge in [0.1, 0.15) is 9.81 Å². The molecule has 0 aliphatic heterocycles. The highest BCUT2D eigenvalue weighted by molar-refractivity contribution is 8.42. The maximum absolute atomic E-state index is 10.5. The number of hydrogen-bond donors (Lipinski definition) is 2. The summed E-state index contributed by atoms with van der Waals surface area (Å²) in [5, 5.41) is 0. The van der Waals surface area contributed by atoms with Crippen molar-refractivity contribution in [1.29, 1.82) is 0 Å². The quantitative estimate of drug-likeness (QED) is 0.436. The third-order valence-electron chi connectivity index (χ3n) is 2.03. The zero-order chi connectivity index (χ0) is 10.5. The predicted molar refractivity (Wildman–Crippen MR) is 66.5 cm³/mol. The van der Waals surface area contributed by atoms with Gasteiger partial charge >= 0.3 is 0 Å². The molecule has 76 valence electrons. The third kappa shape index (κ3) is 4.44. The van der Waals surface area contributed by atoms with Crippen LogP contribution in [-0.2, 0) is 4.79 Å². The van der Waals surface area contributed by atoms with Crippen molar-refractivity contribution in [2.24, 2.45) is 5.73 Å². The van der Waals surface area contributed by atoms with E-state index in [9.17, 15) is 4.79 Å². The van der Waals surface area contributed by atoms with Gasteiger partial charge in [-0.1, -0.05) is 30.9 Å². The number of carbonyl (C=O) groups is 1. The monoisotopic (exact) mass is 237 g/mol. The second kappa shape index (κ2) is 6.01. The number of thiol groups is 1. The summed E-state index contributed by atoms with van der Waals surface area (Å²) in [5.41, 5.74) is 5.91. The largest absolute Gasteiger partial charge is 0.326 e. The first-order valence-corrected chi connectivity index (χ1v) is 5.74. The summed E-state index contributed by atoms with van der Waals surface area (Å²) < 4.78 is 0.225. The van der Waals surface area contributed by atoms with E-state index in [1.807, 2.05) is 13.8 Å². The van der Waals surface area contributed by atoms with E-state index < -0.39 is 0 Å². The standard InChI is InChI=1S/C8H15NOS3/c1-3-6(9)8(2,4-5-10)13-7(11)12/h5-6H,3-4,9H2,1-2H3,(H,11,12). The molecule has 0 aromatic rings. The fourth-order valence-corrected chi connectivity index (χ4v) is 3.13. The Morgan fingerprint density at radius 3 is 2.69 bits per heavy atom. The molecule has 0 aromatic carbocycles. The summed E-state index contributed by atoms with van der Waals surface area (Å²) in [4.78, 5) is 10.5. The van der Waals surface area contributed by atoms with Crippen LogP contribution >= 0.6 is 36.6 Å². The molecule has 0 aliphatic carbocycles. The van der Waals surface area contributed by atoms with Crippen molar-refractivity contribution in [2.75, 3.05) is 0 Å². The minimum Gasteiger partial charge on any atom is -0.326 e. The first kappa shape index (κ1) is 13.4. The number of aldehydes is 1. The SMILES string of the molecule is CCC(N)C(C)(CC=O)SC(=S)S. The molecule has 0 spiro atoms. The molecule has 0 aromatic heterocycles. The lowest BCUT2D eigenvalue weighted by Crippen LogP contribution is -2.43. The maximum atomic E-state index is 10.5. The van der Waals surface area contributed by atoms with Gasteiger partial charge in [-0.3, -0.25) is 0 Å². The molecule has 0 amide bonds. The number of thiocarbonyl (C=S) groups is 1. The fourth-order valence-electron chi connectivity index (χ4n) is 1.07. The molecule has 0 rings (SSSR count). The average molecular weight is 237 g/mol. The summed E-state index contributed by atoms with van der Waals surface area (Å²) >= 11 is 10.3. The lowest BCUT2D eigenvalue weighted by molar-refractivity contribution is -0.108. The van der Waals surface area contributed by atoms with E-state index in [0.717, 1.165) is 12.7 Å². The summed E-state index contributed by atoms with van der Waals surface area (Å²) in [5.74, 6) is 0. The molecule has 0 radical (unpaired) electrons. The van der Waals surface area contributed by atoms with Crippen LogP contribution in [0.1, 0.15) is 26.7 Å². The smallest absolute Gasteiger partial charge is 0.121 e. The van der Waals surface area contributed by atoms with Crippen molar-refractivity contribution in [3.05, 3.63) is 0 Å². The Labute approximate surface area is 94.4 Å². The second-order valence-electron chi connectivity index (χ2n) is 3.07. The number of hydrogen-bond acceptors (Lipinski definition) is 4. The van der Waals surface area contributed by atoms with Crippen molar-refractivity contribution in [1.82, 2.24) is 0 Å². The highest BCUT2D eigenvalue weighted by Crippen LogP contribution is 2.34. The molecule has 0 aliphatic rings. The van der Waals surface area contributed by atoms with Gasteiger partial charge in [-0.2, -0.15) is 0 Å². The van der Waals surface area contributed by atoms with Crippen LogP contribution in [0.15, 0.2) is 0 Å². The molecule has 0 bridgehead atoms. The number of nitrogens with two attached hydrogens (primary N) is 1. The molecule has 5 heteroatoms. The van der Waals surface area contributed by atoms with Crippen LogP contribution in [0.5, 0.6) is 0 Å². The Hall–Kier alpha value is 0.420. The molecule has 2 N–H and O–H groups in total. The summed E-state index contributed by atoms with van der Waals surface area (Å²) in [6.07, 6.45) is 2.12. The second-order valence-corrected chi connectivity index (χ2v) is 6.33. The molecule has 13 heavy (non-hydrogen) atoms. The predicted octanol–water partition coefficient (Wildman–Crippen LogP) is 2.02. The van der Waals surface area contributed by atoms with E-state index in [0.29, 0.717) is 9.95 Å². The average Bonchev–Trinajstić information content (AvgIpc) is 2.02. The van der Waals surface area contributed by atoms with Gasteiger partial charge in [-0.05, 0) is 13.3 Å². The summed E-state index contributed by atoms with van der Waals surface area (Å²) in [6, 6.07) is -0.0344. The fraction of sp³-hybridized carbons (Fsp3) is 0.750. The maximum Gasteiger partial charge on any atom is 0.121 e. The van der Waals surface area contributed by atoms with Gasteiger partial charge in [-0.25, -0.2) is 0 Å². The van der Waals surface area contributed by atoms with Gasteiger partial charge in [0.2, 0.25) is 0 Å². The van der Waals surface area contributed by atoms with Crippen molar-refractivity contribution in [3.63, 3.8) is 0 Å². The molecule has 2 atom stereocenters. The minimum atomic E-state index is -0.310. The van der Waals surface area contributed by atoms with Crippen LogP contribution in [-0.4, -0.2) is 20.6 Å². The Morgan fingerprint density at radius 1 is 1.85 bits per heavy atom. The Balaban J connectivity index is 4.49. The first-order chi connectivity index (χ1) is 5.96. The van der Waals surface area contributed by atoms with Crippen LogP contribution in [0, 0.1) is 0 Å². The van der Waals surface area contributed by atoms with E-state index >= 15 is 0 Å². The van der Waals surface area contributed by atoms with Crippen LogP contribution in [0.3, 0.4) is 0 Å². The van der Waals surface area contributed by atoms with E-state index in [1.54, 1.807) is 0 Å². The van der Waals surface area contributed by atoms with Crippen LogP contribution in [0.4, 0.5) is 0 Å². The molecule has 2 nitrogen and oxygen atoms in total. The van der Waals surface area contributed by atoms with E-state index in [-0.39, 0.29) is 10.8 Å². The van der Waals surface area contributed by atoms with Gasteiger partial charge in [0.05, 0.1) is 0 Å². The van der Waals surface area contributed by atoms with Crippen LogP contribution < -0.4 is 5.73 Å². The van der Waals surface area contributed by atoms with E-state index in [4.69, 9.17) is 18.0 Å². The van der Waals surface area contributed by atoms with Crippen LogP contribution in [0.25, 0.3) is 0 Å². The third-order valence-corrected chi connectivity index (χ3v) is 3.67. The van der Waals surface area contributed by atoms with Crippen molar-refractivity contribution in [2.45, 2.75) is 37.5 Å². The van der Waals surface area contributed by atoms with Gasteiger partial charge in [0.15, 0.2) is 0 Å². The number of carbonyl (C=O) groups excluding carboxylic acids is 1. The molecule has 0 saturated carbocycles. The van der Waals surface area contributed by atoms with Crippen molar-refractivity contribution < 1.29 is 4.79 Å². The topological polar surface area (TPSA) is 43.1 Å². The highest BCUT2D eigenvalue weighted by atomic mass is 32.2. The zero-order valence-corrected chi connectivity index (χ0v) is 10.3. The van der Waals surface area contributed by atoms with Crippen molar-refractivity contribution in [3.8, 4) is 0 Å². The lowest BCUT2D eigenvalue weighted by Gasteiger charge is -2.32. The number of rotatable bonds is 5. The Kier molecular flexibility index (Phi) is 6.20. The van der Waals surface area contributed by atoms with E-state index in [1.165, 1.54) is 11.8 Å². The molecule has 0 fully saturated rings. The first-order valence-electron chi connectivity index (χ1n) is 4.07. The van der Waals surface area contributed by atoms with Gasteiger partial charge in [0.25, 0.3) is 0 Å². The van der Waals surface area contributed by atoms with Crippen molar-refractivity contribution >= 4 is 46.4 Å². The minimum absolute atomic E-state index is 0.0344. The lowest BCUT2D eigenvalue weighted by atomic mass is 9.96. The molecular weight excluding hydrogens is 222 g/mol. The van der Waals surface area contributed by atoms with Gasteiger partial charge in [0, 0.05) is 17.2 Å². The molecule has 0 heterocycles. The van der Waals surface area contributed by atoms with E-state index in [2.05, 4.69) is 12.6 Å². The van der Waals surface area contributed by atoms with Gasteiger partial charge < -0.3 is 10.5 Å². The normalized spacial score (nSPS) is 17.5. The highest BCUT2D eigenvalue weighted by Gasteiger charge is 2.31. The number of thioether (sulfide) groups is 1. The zero-order valence-electron chi connectivity index (χ0n) is 7.82.